The van der Waals surface area contributed by atoms with Crippen LogP contribution in [0, 0.1) is 0 Å². The van der Waals surface area contributed by atoms with Gasteiger partial charge < -0.3 is 9.84 Å². The van der Waals surface area contributed by atoms with Crippen molar-refractivity contribution < 1.29 is 14.6 Å². The van der Waals surface area contributed by atoms with E-state index in [0.717, 1.165) is 22.6 Å². The number of methoxy groups -OCH3 is 1. The van der Waals surface area contributed by atoms with Crippen LogP contribution in [0.1, 0.15) is 16.1 Å². The minimum Gasteiger partial charge on any atom is -0.497 e. The summed E-state index contributed by atoms with van der Waals surface area (Å²) in [5.74, 6) is 0.541. The molecule has 1 aliphatic rings. The molecule has 0 fully saturated rings. The third kappa shape index (κ3) is 1.57. The number of carboxylic acid groups (broad SMARTS) is 1. The van der Waals surface area contributed by atoms with Gasteiger partial charge in [-0.1, -0.05) is 0 Å². The fourth-order valence-electron chi connectivity index (χ4n) is 2.00. The summed E-state index contributed by atoms with van der Waals surface area (Å²) in [5, 5.41) is 15.7. The zero-order chi connectivity index (χ0) is 12.7. The molecule has 2 heterocycles. The fraction of sp³-hybridized carbons (Fsp3) is 0.167. The average molecular weight is 262 g/mol. The molecule has 6 heteroatoms. The van der Waals surface area contributed by atoms with Gasteiger partial charge in [-0.25, -0.2) is 4.79 Å². The monoisotopic (exact) mass is 262 g/mol. The smallest absolute Gasteiger partial charge is 0.355 e. The van der Waals surface area contributed by atoms with E-state index in [1.165, 1.54) is 11.8 Å². The zero-order valence-corrected chi connectivity index (χ0v) is 10.4. The van der Waals surface area contributed by atoms with Crippen LogP contribution in [0.3, 0.4) is 0 Å². The van der Waals surface area contributed by atoms with E-state index in [9.17, 15) is 4.79 Å². The molecule has 0 unspecified atom stereocenters. The number of aromatic nitrogens is 2. The molecule has 0 radical (unpaired) electrons. The third-order valence-electron chi connectivity index (χ3n) is 2.88. The second kappa shape index (κ2) is 4.06. The molecule has 0 aliphatic carbocycles. The van der Waals surface area contributed by atoms with Crippen molar-refractivity contribution in [3.8, 4) is 17.0 Å². The minimum absolute atomic E-state index is 0.163. The quantitative estimate of drug-likeness (QED) is 0.869. The summed E-state index contributed by atoms with van der Waals surface area (Å²) in [6.07, 6.45) is 0. The first-order valence-corrected chi connectivity index (χ1v) is 6.31. The standard InChI is InChI=1S/C12H10N2O3S/c1-17-7-2-3-8-6(4-7)5-18-11-9(8)13-14-10(11)12(15)16/h2-4H,5H2,1H3,(H,13,14)(H,15,16). The second-order valence-electron chi connectivity index (χ2n) is 3.89. The van der Waals surface area contributed by atoms with E-state index in [4.69, 9.17) is 9.84 Å². The number of aromatic amines is 1. The molecule has 0 bridgehead atoms. The second-order valence-corrected chi connectivity index (χ2v) is 4.88. The van der Waals surface area contributed by atoms with Gasteiger partial charge in [-0.15, -0.1) is 11.8 Å². The number of ether oxygens (including phenoxy) is 1. The van der Waals surface area contributed by atoms with Gasteiger partial charge in [-0.3, -0.25) is 5.10 Å². The molecule has 0 atom stereocenters. The van der Waals surface area contributed by atoms with Crippen LogP contribution in [0.15, 0.2) is 23.1 Å². The van der Waals surface area contributed by atoms with Crippen LogP contribution in [0.2, 0.25) is 0 Å². The molecule has 0 saturated carbocycles. The molecular formula is C12H10N2O3S. The number of carboxylic acids is 1. The lowest BCUT2D eigenvalue weighted by Crippen LogP contribution is -2.01. The van der Waals surface area contributed by atoms with Crippen LogP contribution < -0.4 is 4.74 Å². The normalized spacial score (nSPS) is 12.7. The van der Waals surface area contributed by atoms with Gasteiger partial charge in [0.25, 0.3) is 0 Å². The first kappa shape index (κ1) is 11.2. The van der Waals surface area contributed by atoms with E-state index in [2.05, 4.69) is 10.2 Å². The minimum atomic E-state index is -0.979. The summed E-state index contributed by atoms with van der Waals surface area (Å²) in [6, 6.07) is 5.73. The highest BCUT2D eigenvalue weighted by Gasteiger charge is 2.25. The number of benzene rings is 1. The van der Waals surface area contributed by atoms with Crippen molar-refractivity contribution in [3.05, 3.63) is 29.5 Å². The highest BCUT2D eigenvalue weighted by Crippen LogP contribution is 2.42. The van der Waals surface area contributed by atoms with E-state index in [1.54, 1.807) is 7.11 Å². The number of rotatable bonds is 2. The van der Waals surface area contributed by atoms with Crippen molar-refractivity contribution in [2.45, 2.75) is 10.6 Å². The summed E-state index contributed by atoms with van der Waals surface area (Å²) >= 11 is 1.48. The number of aromatic carboxylic acids is 1. The number of thioether (sulfide) groups is 1. The number of nitrogens with zero attached hydrogens (tertiary/aromatic N) is 1. The highest BCUT2D eigenvalue weighted by molar-refractivity contribution is 7.98. The molecule has 1 aromatic carbocycles. The van der Waals surface area contributed by atoms with Gasteiger partial charge in [0.05, 0.1) is 12.0 Å². The largest absolute Gasteiger partial charge is 0.497 e. The lowest BCUT2D eigenvalue weighted by molar-refractivity contribution is 0.0686. The maximum Gasteiger partial charge on any atom is 0.355 e. The van der Waals surface area contributed by atoms with Crippen molar-refractivity contribution >= 4 is 17.7 Å². The molecule has 5 nitrogen and oxygen atoms in total. The molecule has 2 aromatic rings. The van der Waals surface area contributed by atoms with Gasteiger partial charge in [0.15, 0.2) is 5.69 Å². The van der Waals surface area contributed by atoms with Gasteiger partial charge >= 0.3 is 5.97 Å². The van der Waals surface area contributed by atoms with Crippen LogP contribution in [-0.4, -0.2) is 28.4 Å². The van der Waals surface area contributed by atoms with Crippen molar-refractivity contribution in [2.75, 3.05) is 7.11 Å². The van der Waals surface area contributed by atoms with Crippen LogP contribution in [0.25, 0.3) is 11.3 Å². The SMILES string of the molecule is COc1ccc2c(c1)CSc1c-2n[nH]c1C(=O)O. The summed E-state index contributed by atoms with van der Waals surface area (Å²) in [5.41, 5.74) is 2.95. The van der Waals surface area contributed by atoms with Crippen LogP contribution >= 0.6 is 11.8 Å². The average Bonchev–Trinajstić information content (AvgIpc) is 2.82. The molecule has 0 saturated heterocycles. The third-order valence-corrected chi connectivity index (χ3v) is 4.02. The van der Waals surface area contributed by atoms with Gasteiger partial charge in [-0.05, 0) is 23.8 Å². The van der Waals surface area contributed by atoms with Gasteiger partial charge in [0.2, 0.25) is 0 Å². The lowest BCUT2D eigenvalue weighted by atomic mass is 10.0. The molecule has 1 aromatic heterocycles. The lowest BCUT2D eigenvalue weighted by Gasteiger charge is -2.15. The molecule has 0 spiro atoms. The maximum atomic E-state index is 11.0. The van der Waals surface area contributed by atoms with Crippen LogP contribution in [0.4, 0.5) is 0 Å². The first-order chi connectivity index (χ1) is 8.70. The van der Waals surface area contributed by atoms with E-state index in [1.807, 2.05) is 18.2 Å². The number of nitrogens with one attached hydrogen (secondary N) is 1. The number of hydrogen-bond donors (Lipinski definition) is 2. The van der Waals surface area contributed by atoms with Crippen molar-refractivity contribution in [3.63, 3.8) is 0 Å². The van der Waals surface area contributed by atoms with Gasteiger partial charge in [0.1, 0.15) is 11.4 Å². The predicted molar refractivity (Wildman–Crippen MR) is 67.1 cm³/mol. The van der Waals surface area contributed by atoms with Crippen molar-refractivity contribution in [1.29, 1.82) is 0 Å². The number of H-pyrrole nitrogens is 1. The topological polar surface area (TPSA) is 75.2 Å². The molecule has 92 valence electrons. The Hall–Kier alpha value is -1.95. The van der Waals surface area contributed by atoms with E-state index >= 15 is 0 Å². The summed E-state index contributed by atoms with van der Waals surface area (Å²) < 4.78 is 5.18. The molecule has 0 amide bonds. The Balaban J connectivity index is 2.15. The summed E-state index contributed by atoms with van der Waals surface area (Å²) in [4.78, 5) is 11.8. The Bertz CT molecular complexity index is 636. The van der Waals surface area contributed by atoms with Gasteiger partial charge in [0, 0.05) is 11.3 Å². The highest BCUT2D eigenvalue weighted by atomic mass is 32.2. The number of fused-ring (bicyclic) bond motifs is 3. The van der Waals surface area contributed by atoms with Crippen molar-refractivity contribution in [1.82, 2.24) is 10.2 Å². The molecule has 3 rings (SSSR count). The molecule has 2 N–H and O–H groups in total. The Kier molecular flexibility index (Phi) is 2.52. The first-order valence-electron chi connectivity index (χ1n) is 5.32. The predicted octanol–water partition coefficient (Wildman–Crippen LogP) is 2.39. The molecular weight excluding hydrogens is 252 g/mol. The maximum absolute atomic E-state index is 11.0. The Morgan fingerprint density at radius 1 is 1.56 bits per heavy atom. The van der Waals surface area contributed by atoms with Crippen LogP contribution in [0.5, 0.6) is 5.75 Å². The molecule has 18 heavy (non-hydrogen) atoms. The Labute approximate surface area is 107 Å². The summed E-state index contributed by atoms with van der Waals surface area (Å²) in [6.45, 7) is 0. The zero-order valence-electron chi connectivity index (χ0n) is 9.56. The van der Waals surface area contributed by atoms with Gasteiger partial charge in [-0.2, -0.15) is 5.10 Å². The number of carbonyl (C=O) groups is 1. The Morgan fingerprint density at radius 2 is 2.39 bits per heavy atom. The number of hydrogen-bond acceptors (Lipinski definition) is 4. The Morgan fingerprint density at radius 3 is 3.11 bits per heavy atom. The van der Waals surface area contributed by atoms with E-state index in [0.29, 0.717) is 10.6 Å². The fourth-order valence-corrected chi connectivity index (χ4v) is 3.11. The van der Waals surface area contributed by atoms with E-state index < -0.39 is 5.97 Å². The molecule has 1 aliphatic heterocycles. The van der Waals surface area contributed by atoms with Crippen molar-refractivity contribution in [2.24, 2.45) is 0 Å². The summed E-state index contributed by atoms with van der Waals surface area (Å²) in [7, 11) is 1.63. The van der Waals surface area contributed by atoms with E-state index in [-0.39, 0.29) is 5.69 Å². The van der Waals surface area contributed by atoms with Crippen LogP contribution in [-0.2, 0) is 5.75 Å².